The van der Waals surface area contributed by atoms with Crippen LogP contribution in [-0.4, -0.2) is 58.5 Å². The number of carbonyl (C=O) groups is 1. The summed E-state index contributed by atoms with van der Waals surface area (Å²) in [6.45, 7) is 0.804. The molecular formula is C18H20BrNO6. The van der Waals surface area contributed by atoms with Crippen LogP contribution in [0.25, 0.3) is 10.8 Å². The van der Waals surface area contributed by atoms with E-state index in [0.29, 0.717) is 5.75 Å². The van der Waals surface area contributed by atoms with Gasteiger partial charge in [0.25, 0.3) is 0 Å². The van der Waals surface area contributed by atoms with E-state index in [9.17, 15) is 20.1 Å². The van der Waals surface area contributed by atoms with Gasteiger partial charge < -0.3 is 30.1 Å². The molecule has 0 unspecified atom stereocenters. The molecule has 0 radical (unpaired) electrons. The molecule has 0 spiro atoms. The van der Waals surface area contributed by atoms with Gasteiger partial charge >= 0.3 is 0 Å². The number of ether oxygens (including phenoxy) is 2. The van der Waals surface area contributed by atoms with Gasteiger partial charge in [-0.1, -0.05) is 28.1 Å². The number of aliphatic hydroxyl groups is 3. The number of hydrogen-bond donors (Lipinski definition) is 4. The second-order valence-corrected chi connectivity index (χ2v) is 7.12. The fraction of sp³-hybridized carbons (Fsp3) is 0.389. The van der Waals surface area contributed by atoms with Crippen LogP contribution in [0.5, 0.6) is 5.75 Å². The molecule has 8 heteroatoms. The summed E-state index contributed by atoms with van der Waals surface area (Å²) in [6.07, 6.45) is -4.77. The zero-order valence-electron chi connectivity index (χ0n) is 14.0. The van der Waals surface area contributed by atoms with Gasteiger partial charge in [-0.05, 0) is 35.0 Å². The lowest BCUT2D eigenvalue weighted by atomic mass is 9.97. The largest absolute Gasteiger partial charge is 0.463 e. The highest BCUT2D eigenvalue weighted by atomic mass is 79.9. The van der Waals surface area contributed by atoms with E-state index in [0.717, 1.165) is 15.2 Å². The van der Waals surface area contributed by atoms with Crippen molar-refractivity contribution in [3.63, 3.8) is 0 Å². The molecule has 0 saturated carbocycles. The van der Waals surface area contributed by atoms with E-state index in [1.807, 2.05) is 24.3 Å². The van der Waals surface area contributed by atoms with Crippen LogP contribution in [0, 0.1) is 0 Å². The summed E-state index contributed by atoms with van der Waals surface area (Å²) >= 11 is 3.42. The first-order valence-electron chi connectivity index (χ1n) is 8.14. The number of carbonyl (C=O) groups excluding carboxylic acids is 1. The molecule has 1 fully saturated rings. The average molecular weight is 426 g/mol. The molecule has 0 aromatic heterocycles. The van der Waals surface area contributed by atoms with E-state index in [1.165, 1.54) is 6.92 Å². The topological polar surface area (TPSA) is 108 Å². The van der Waals surface area contributed by atoms with Crippen LogP contribution in [0.4, 0.5) is 0 Å². The van der Waals surface area contributed by atoms with Crippen molar-refractivity contribution in [2.45, 2.75) is 37.6 Å². The van der Waals surface area contributed by atoms with E-state index < -0.39 is 43.2 Å². The first-order valence-corrected chi connectivity index (χ1v) is 8.94. The molecule has 1 amide bonds. The normalized spacial score (nSPS) is 28.7. The second kappa shape index (κ2) is 7.89. The molecule has 0 aliphatic carbocycles. The van der Waals surface area contributed by atoms with Gasteiger partial charge in [0.1, 0.15) is 30.1 Å². The van der Waals surface area contributed by atoms with Gasteiger partial charge in [-0.25, -0.2) is 0 Å². The van der Waals surface area contributed by atoms with Crippen molar-refractivity contribution in [1.82, 2.24) is 5.32 Å². The van der Waals surface area contributed by atoms with Gasteiger partial charge in [0.2, 0.25) is 12.2 Å². The molecule has 1 saturated heterocycles. The van der Waals surface area contributed by atoms with Crippen LogP contribution in [0.15, 0.2) is 40.9 Å². The maximum atomic E-state index is 11.5. The summed E-state index contributed by atoms with van der Waals surface area (Å²) in [4.78, 5) is 11.5. The number of nitrogens with one attached hydrogen (secondary N) is 1. The molecule has 26 heavy (non-hydrogen) atoms. The molecule has 7 nitrogen and oxygen atoms in total. The van der Waals surface area contributed by atoms with Crippen molar-refractivity contribution >= 4 is 32.6 Å². The third-order valence-corrected chi connectivity index (χ3v) is 4.77. The Hall–Kier alpha value is -1.71. The summed E-state index contributed by atoms with van der Waals surface area (Å²) in [5.74, 6) is 0.0738. The van der Waals surface area contributed by atoms with Crippen LogP contribution < -0.4 is 10.1 Å². The predicted molar refractivity (Wildman–Crippen MR) is 97.6 cm³/mol. The highest BCUT2D eigenvalue weighted by molar-refractivity contribution is 9.10. The summed E-state index contributed by atoms with van der Waals surface area (Å²) < 4.78 is 12.4. The fourth-order valence-electron chi connectivity index (χ4n) is 2.97. The molecule has 0 bridgehead atoms. The minimum Gasteiger partial charge on any atom is -0.463 e. The molecule has 3 rings (SSSR count). The summed E-state index contributed by atoms with van der Waals surface area (Å²) in [5, 5.41) is 34.2. The van der Waals surface area contributed by atoms with Crippen molar-refractivity contribution in [2.24, 2.45) is 0 Å². The van der Waals surface area contributed by atoms with Gasteiger partial charge in [0.15, 0.2) is 0 Å². The Bertz CT molecular complexity index is 800. The van der Waals surface area contributed by atoms with Crippen LogP contribution in [0.2, 0.25) is 0 Å². The minimum atomic E-state index is -1.34. The number of aliphatic hydroxyl groups excluding tert-OH is 3. The highest BCUT2D eigenvalue weighted by Crippen LogP contribution is 2.28. The van der Waals surface area contributed by atoms with Crippen molar-refractivity contribution < 1.29 is 29.6 Å². The number of halogens is 1. The number of hydrogen-bond acceptors (Lipinski definition) is 6. The number of rotatable bonds is 4. The standard InChI is InChI=1S/C18H20BrNO6/c1-9(22)20-15-17(24)16(23)14(8-21)26-18(15)25-13-5-3-10-6-12(19)4-2-11(10)7-13/h2-7,14-18,21,23-24H,8H2,1H3,(H,20,22)/t14-,15-,16-,17-,18-/m1/s1. The van der Waals surface area contributed by atoms with E-state index in [2.05, 4.69) is 21.2 Å². The first-order chi connectivity index (χ1) is 12.4. The Kier molecular flexibility index (Phi) is 5.79. The van der Waals surface area contributed by atoms with Crippen molar-refractivity contribution in [3.8, 4) is 5.75 Å². The quantitative estimate of drug-likeness (QED) is 0.580. The van der Waals surface area contributed by atoms with Crippen molar-refractivity contribution in [2.75, 3.05) is 6.61 Å². The molecule has 140 valence electrons. The fourth-order valence-corrected chi connectivity index (χ4v) is 3.35. The SMILES string of the molecule is CC(=O)N[C@H]1[C@H](Oc2ccc3cc(Br)ccc3c2)O[C@H](CO)[C@@H](O)[C@@H]1O. The van der Waals surface area contributed by atoms with E-state index >= 15 is 0 Å². The average Bonchev–Trinajstić information content (AvgIpc) is 2.61. The molecule has 1 aliphatic heterocycles. The Balaban J connectivity index is 1.86. The predicted octanol–water partition coefficient (Wildman–Crippen LogP) is 0.925. The zero-order valence-corrected chi connectivity index (χ0v) is 15.6. The van der Waals surface area contributed by atoms with E-state index in [4.69, 9.17) is 9.47 Å². The van der Waals surface area contributed by atoms with Crippen molar-refractivity contribution in [1.29, 1.82) is 0 Å². The highest BCUT2D eigenvalue weighted by Gasteiger charge is 2.46. The molecule has 4 N–H and O–H groups in total. The Morgan fingerprint density at radius 3 is 2.58 bits per heavy atom. The third kappa shape index (κ3) is 3.99. The summed E-state index contributed by atoms with van der Waals surface area (Å²) in [5.41, 5.74) is 0. The second-order valence-electron chi connectivity index (χ2n) is 6.20. The van der Waals surface area contributed by atoms with Crippen molar-refractivity contribution in [3.05, 3.63) is 40.9 Å². The summed E-state index contributed by atoms with van der Waals surface area (Å²) in [6, 6.07) is 10.2. The number of benzene rings is 2. The Morgan fingerprint density at radius 1 is 1.19 bits per heavy atom. The van der Waals surface area contributed by atoms with Crippen LogP contribution in [0.1, 0.15) is 6.92 Å². The number of fused-ring (bicyclic) bond motifs is 1. The van der Waals surface area contributed by atoms with Gasteiger partial charge in [-0.15, -0.1) is 0 Å². The third-order valence-electron chi connectivity index (χ3n) is 4.28. The van der Waals surface area contributed by atoms with Gasteiger partial charge in [-0.3, -0.25) is 4.79 Å². The summed E-state index contributed by atoms with van der Waals surface area (Å²) in [7, 11) is 0. The van der Waals surface area contributed by atoms with E-state index in [-0.39, 0.29) is 0 Å². The lowest BCUT2D eigenvalue weighted by Crippen LogP contribution is -2.65. The monoisotopic (exact) mass is 425 g/mol. The van der Waals surface area contributed by atoms with Crippen LogP contribution >= 0.6 is 15.9 Å². The van der Waals surface area contributed by atoms with Gasteiger partial charge in [-0.2, -0.15) is 0 Å². The maximum absolute atomic E-state index is 11.5. The molecule has 2 aromatic carbocycles. The van der Waals surface area contributed by atoms with Gasteiger partial charge in [0, 0.05) is 11.4 Å². The Morgan fingerprint density at radius 2 is 1.88 bits per heavy atom. The van der Waals surface area contributed by atoms with Crippen LogP contribution in [-0.2, 0) is 9.53 Å². The zero-order chi connectivity index (χ0) is 18.8. The lowest BCUT2D eigenvalue weighted by Gasteiger charge is -2.42. The van der Waals surface area contributed by atoms with E-state index in [1.54, 1.807) is 12.1 Å². The van der Waals surface area contributed by atoms with Crippen LogP contribution in [0.3, 0.4) is 0 Å². The molecule has 1 aliphatic rings. The minimum absolute atomic E-state index is 0.399. The van der Waals surface area contributed by atoms with Gasteiger partial charge in [0.05, 0.1) is 6.61 Å². The first kappa shape index (κ1) is 19.1. The molecule has 1 heterocycles. The molecule has 5 atom stereocenters. The lowest BCUT2D eigenvalue weighted by molar-refractivity contribution is -0.244. The molecular weight excluding hydrogens is 406 g/mol. The Labute approximate surface area is 158 Å². The number of amides is 1. The maximum Gasteiger partial charge on any atom is 0.223 e. The molecule has 2 aromatic rings. The smallest absolute Gasteiger partial charge is 0.223 e.